The third-order valence-electron chi connectivity index (χ3n) is 4.68. The quantitative estimate of drug-likeness (QED) is 0.857. The summed E-state index contributed by atoms with van der Waals surface area (Å²) in [6, 6.07) is 4.03. The Bertz CT molecular complexity index is 472. The van der Waals surface area contributed by atoms with Crippen LogP contribution in [0.3, 0.4) is 0 Å². The molecular formula is C16H23NO3S. The Morgan fingerprint density at radius 3 is 3.29 bits per heavy atom. The molecule has 1 aromatic heterocycles. The highest BCUT2D eigenvalue weighted by atomic mass is 32.1. The summed E-state index contributed by atoms with van der Waals surface area (Å²) in [4.78, 5) is 15.7. The number of thiophene rings is 1. The van der Waals surface area contributed by atoms with E-state index in [1.165, 1.54) is 0 Å². The van der Waals surface area contributed by atoms with E-state index in [2.05, 4.69) is 0 Å². The highest BCUT2D eigenvalue weighted by Gasteiger charge is 2.46. The minimum absolute atomic E-state index is 0.00361. The highest BCUT2D eigenvalue weighted by Crippen LogP contribution is 2.40. The molecule has 0 bridgehead atoms. The molecule has 0 radical (unpaired) electrons. The summed E-state index contributed by atoms with van der Waals surface area (Å²) in [5, 5.41) is 2.02. The molecule has 0 N–H and O–H groups in total. The Kier molecular flexibility index (Phi) is 4.62. The van der Waals surface area contributed by atoms with Gasteiger partial charge in [-0.25, -0.2) is 0 Å². The van der Waals surface area contributed by atoms with Gasteiger partial charge in [0.05, 0.1) is 19.1 Å². The van der Waals surface area contributed by atoms with Gasteiger partial charge in [0, 0.05) is 37.1 Å². The topological polar surface area (TPSA) is 38.8 Å². The van der Waals surface area contributed by atoms with Gasteiger partial charge in [-0.1, -0.05) is 6.07 Å². The largest absolute Gasteiger partial charge is 0.384 e. The molecule has 4 nitrogen and oxygen atoms in total. The fourth-order valence-corrected chi connectivity index (χ4v) is 4.37. The first-order valence-corrected chi connectivity index (χ1v) is 8.52. The van der Waals surface area contributed by atoms with Gasteiger partial charge < -0.3 is 14.4 Å². The zero-order valence-corrected chi connectivity index (χ0v) is 13.4. The van der Waals surface area contributed by atoms with E-state index >= 15 is 0 Å². The van der Waals surface area contributed by atoms with Gasteiger partial charge >= 0.3 is 0 Å². The average Bonchev–Trinajstić information content (AvgIpc) is 2.99. The smallest absolute Gasteiger partial charge is 0.227 e. The highest BCUT2D eigenvalue weighted by molar-refractivity contribution is 7.10. The van der Waals surface area contributed by atoms with Crippen LogP contribution in [0.2, 0.25) is 0 Å². The normalized spacial score (nSPS) is 29.2. The fraction of sp³-hybridized carbons (Fsp3) is 0.688. The second kappa shape index (κ2) is 6.46. The van der Waals surface area contributed by atoms with Crippen molar-refractivity contribution in [1.29, 1.82) is 0 Å². The van der Waals surface area contributed by atoms with Crippen molar-refractivity contribution in [3.05, 3.63) is 22.4 Å². The lowest BCUT2D eigenvalue weighted by molar-refractivity contribution is -0.161. The number of hydrogen-bond acceptors (Lipinski definition) is 4. The SMILES string of the molecule is COC[C@@]12CCCO[C@@H]1CCN(C(=O)Cc1cccs1)C2. The van der Waals surface area contributed by atoms with Gasteiger partial charge in [-0.2, -0.15) is 0 Å². The second-order valence-corrected chi connectivity index (χ2v) is 7.15. The molecule has 2 aliphatic heterocycles. The standard InChI is InChI=1S/C16H23NO3S/c1-19-12-16-6-3-8-20-14(16)5-7-17(11-16)15(18)10-13-4-2-9-21-13/h2,4,9,14H,3,5-8,10-12H2,1H3/t14-,16+/m1/s1. The third-order valence-corrected chi connectivity index (χ3v) is 5.55. The van der Waals surface area contributed by atoms with E-state index in [0.29, 0.717) is 13.0 Å². The van der Waals surface area contributed by atoms with Crippen LogP contribution in [0.4, 0.5) is 0 Å². The molecule has 116 valence electrons. The molecule has 0 spiro atoms. The van der Waals surface area contributed by atoms with Crippen molar-refractivity contribution < 1.29 is 14.3 Å². The Labute approximate surface area is 130 Å². The van der Waals surface area contributed by atoms with E-state index in [-0.39, 0.29) is 17.4 Å². The van der Waals surface area contributed by atoms with E-state index in [4.69, 9.17) is 9.47 Å². The first-order chi connectivity index (χ1) is 10.2. The number of carbonyl (C=O) groups is 1. The molecule has 0 aromatic carbocycles. The Morgan fingerprint density at radius 1 is 1.62 bits per heavy atom. The molecule has 2 fully saturated rings. The predicted octanol–water partition coefficient (Wildman–Crippen LogP) is 2.33. The number of rotatable bonds is 4. The maximum absolute atomic E-state index is 12.5. The second-order valence-electron chi connectivity index (χ2n) is 6.12. The number of likely N-dealkylation sites (tertiary alicyclic amines) is 1. The van der Waals surface area contributed by atoms with Gasteiger partial charge in [0.25, 0.3) is 0 Å². The number of hydrogen-bond donors (Lipinski definition) is 0. The minimum Gasteiger partial charge on any atom is -0.384 e. The van der Waals surface area contributed by atoms with Gasteiger partial charge in [-0.15, -0.1) is 11.3 Å². The van der Waals surface area contributed by atoms with Crippen LogP contribution >= 0.6 is 11.3 Å². The summed E-state index contributed by atoms with van der Waals surface area (Å²) < 4.78 is 11.4. The van der Waals surface area contributed by atoms with Crippen LogP contribution in [-0.4, -0.2) is 50.3 Å². The van der Waals surface area contributed by atoms with Crippen LogP contribution in [0.1, 0.15) is 24.1 Å². The maximum atomic E-state index is 12.5. The summed E-state index contributed by atoms with van der Waals surface area (Å²) in [6.07, 6.45) is 3.85. The molecule has 21 heavy (non-hydrogen) atoms. The number of fused-ring (bicyclic) bond motifs is 1. The third kappa shape index (κ3) is 3.15. The monoisotopic (exact) mass is 309 g/mol. The van der Waals surface area contributed by atoms with Crippen molar-refractivity contribution in [1.82, 2.24) is 4.90 Å². The van der Waals surface area contributed by atoms with Crippen LogP contribution in [0.5, 0.6) is 0 Å². The Hall–Kier alpha value is -0.910. The van der Waals surface area contributed by atoms with Crippen molar-refractivity contribution in [3.8, 4) is 0 Å². The van der Waals surface area contributed by atoms with Crippen molar-refractivity contribution in [3.63, 3.8) is 0 Å². The van der Waals surface area contributed by atoms with E-state index < -0.39 is 0 Å². The number of nitrogens with zero attached hydrogens (tertiary/aromatic N) is 1. The van der Waals surface area contributed by atoms with E-state index in [0.717, 1.165) is 43.8 Å². The van der Waals surface area contributed by atoms with Crippen molar-refractivity contribution in [2.75, 3.05) is 33.4 Å². The zero-order chi connectivity index (χ0) is 14.7. The maximum Gasteiger partial charge on any atom is 0.227 e. The Morgan fingerprint density at radius 2 is 2.52 bits per heavy atom. The van der Waals surface area contributed by atoms with Crippen molar-refractivity contribution in [2.24, 2.45) is 5.41 Å². The number of ether oxygens (including phenoxy) is 2. The number of carbonyl (C=O) groups excluding carboxylic acids is 1. The summed E-state index contributed by atoms with van der Waals surface area (Å²) in [7, 11) is 1.74. The molecular weight excluding hydrogens is 286 g/mol. The first-order valence-electron chi connectivity index (χ1n) is 7.64. The summed E-state index contributed by atoms with van der Waals surface area (Å²) >= 11 is 1.65. The molecule has 3 rings (SSSR count). The van der Waals surface area contributed by atoms with Gasteiger partial charge in [-0.05, 0) is 30.7 Å². The predicted molar refractivity (Wildman–Crippen MR) is 82.5 cm³/mol. The lowest BCUT2D eigenvalue weighted by Gasteiger charge is -2.50. The number of methoxy groups -OCH3 is 1. The van der Waals surface area contributed by atoms with Crippen molar-refractivity contribution >= 4 is 17.2 Å². The molecule has 2 aliphatic rings. The first kappa shape index (κ1) is 15.0. The molecule has 1 amide bonds. The molecule has 2 saturated heterocycles. The molecule has 0 unspecified atom stereocenters. The minimum atomic E-state index is -0.00361. The zero-order valence-electron chi connectivity index (χ0n) is 12.5. The molecule has 5 heteroatoms. The van der Waals surface area contributed by atoms with Crippen LogP contribution in [0.15, 0.2) is 17.5 Å². The van der Waals surface area contributed by atoms with Crippen LogP contribution < -0.4 is 0 Å². The van der Waals surface area contributed by atoms with E-state index in [1.807, 2.05) is 22.4 Å². The van der Waals surface area contributed by atoms with Gasteiger partial charge in [0.1, 0.15) is 0 Å². The van der Waals surface area contributed by atoms with E-state index in [9.17, 15) is 4.79 Å². The fourth-order valence-electron chi connectivity index (χ4n) is 3.68. The van der Waals surface area contributed by atoms with Crippen LogP contribution in [-0.2, 0) is 20.7 Å². The average molecular weight is 309 g/mol. The Balaban J connectivity index is 1.69. The van der Waals surface area contributed by atoms with Crippen molar-refractivity contribution in [2.45, 2.75) is 31.8 Å². The summed E-state index contributed by atoms with van der Waals surface area (Å²) in [5.74, 6) is 0.233. The molecule has 0 saturated carbocycles. The van der Waals surface area contributed by atoms with Crippen LogP contribution in [0.25, 0.3) is 0 Å². The molecule has 0 aliphatic carbocycles. The van der Waals surface area contributed by atoms with Crippen LogP contribution in [0, 0.1) is 5.41 Å². The van der Waals surface area contributed by atoms with Gasteiger partial charge in [0.15, 0.2) is 0 Å². The van der Waals surface area contributed by atoms with Gasteiger partial charge in [-0.3, -0.25) is 4.79 Å². The lowest BCUT2D eigenvalue weighted by atomic mass is 9.73. The molecule has 3 heterocycles. The van der Waals surface area contributed by atoms with E-state index in [1.54, 1.807) is 18.4 Å². The number of piperidine rings is 1. The summed E-state index contributed by atoms with van der Waals surface area (Å²) in [6.45, 7) is 3.11. The molecule has 1 aromatic rings. The molecule has 2 atom stereocenters. The van der Waals surface area contributed by atoms with Gasteiger partial charge in [0.2, 0.25) is 5.91 Å². The summed E-state index contributed by atoms with van der Waals surface area (Å²) in [5.41, 5.74) is -0.00361. The number of amides is 1. The lowest BCUT2D eigenvalue weighted by Crippen LogP contribution is -2.58.